The number of nitro benzene ring substituents is 1. The minimum atomic E-state index is -0.369. The first-order valence-electron chi connectivity index (χ1n) is 13.2. The van der Waals surface area contributed by atoms with Crippen LogP contribution in [0.25, 0.3) is 54.6 Å². The molecule has 1 N–H and O–H groups in total. The highest BCUT2D eigenvalue weighted by molar-refractivity contribution is 6.23. The van der Waals surface area contributed by atoms with Gasteiger partial charge in [0.1, 0.15) is 5.69 Å². The Kier molecular flexibility index (Phi) is 5.72. The second-order valence-electron chi connectivity index (χ2n) is 9.84. The Balaban J connectivity index is 1.42. The smallest absolute Gasteiger partial charge is 0.292 e. The van der Waals surface area contributed by atoms with Crippen molar-refractivity contribution in [1.29, 1.82) is 0 Å². The molecule has 0 amide bonds. The third-order valence-corrected chi connectivity index (χ3v) is 7.54. The average Bonchev–Trinajstić information content (AvgIpc) is 3.00. The van der Waals surface area contributed by atoms with Crippen molar-refractivity contribution < 1.29 is 4.92 Å². The third kappa shape index (κ3) is 3.94. The van der Waals surface area contributed by atoms with Gasteiger partial charge in [-0.15, -0.1) is 0 Å². The molecule has 7 aromatic rings. The summed E-state index contributed by atoms with van der Waals surface area (Å²) in [5.74, 6) is 0. The molecule has 0 aliphatic rings. The van der Waals surface area contributed by atoms with Gasteiger partial charge in [0.05, 0.1) is 4.92 Å². The second kappa shape index (κ2) is 9.68. The summed E-state index contributed by atoms with van der Waals surface area (Å²) >= 11 is 0. The second-order valence-corrected chi connectivity index (χ2v) is 9.84. The summed E-state index contributed by atoms with van der Waals surface area (Å²) in [5, 5.41) is 21.9. The Labute approximate surface area is 231 Å². The summed E-state index contributed by atoms with van der Waals surface area (Å²) in [7, 11) is 0. The van der Waals surface area contributed by atoms with E-state index in [1.165, 1.54) is 55.1 Å². The number of fused-ring (bicyclic) bond motifs is 3. The molecule has 4 nitrogen and oxygen atoms in total. The van der Waals surface area contributed by atoms with Crippen LogP contribution in [0.3, 0.4) is 0 Å². The zero-order chi connectivity index (χ0) is 27.1. The Morgan fingerprint density at radius 2 is 1.02 bits per heavy atom. The van der Waals surface area contributed by atoms with Gasteiger partial charge in [-0.05, 0) is 72.8 Å². The van der Waals surface area contributed by atoms with E-state index in [2.05, 4.69) is 108 Å². The van der Waals surface area contributed by atoms with E-state index in [1.807, 2.05) is 12.1 Å². The minimum Gasteiger partial charge on any atom is -0.350 e. The third-order valence-electron chi connectivity index (χ3n) is 7.54. The van der Waals surface area contributed by atoms with Gasteiger partial charge < -0.3 is 5.32 Å². The molecule has 0 atom stereocenters. The number of hydrogen-bond acceptors (Lipinski definition) is 3. The molecule has 0 aliphatic heterocycles. The van der Waals surface area contributed by atoms with Crippen molar-refractivity contribution >= 4 is 49.4 Å². The molecular weight excluding hydrogens is 492 g/mol. The van der Waals surface area contributed by atoms with Gasteiger partial charge in [0, 0.05) is 11.8 Å². The number of nitrogens with one attached hydrogen (secondary N) is 1. The number of para-hydroxylation sites is 2. The molecule has 7 rings (SSSR count). The molecule has 0 radical (unpaired) electrons. The highest BCUT2D eigenvalue weighted by Gasteiger charge is 2.18. The van der Waals surface area contributed by atoms with Crippen LogP contribution in [0.15, 0.2) is 140 Å². The van der Waals surface area contributed by atoms with E-state index in [0.29, 0.717) is 5.69 Å². The molecule has 190 valence electrons. The van der Waals surface area contributed by atoms with Crippen LogP contribution in [0.2, 0.25) is 0 Å². The van der Waals surface area contributed by atoms with Gasteiger partial charge in [0.15, 0.2) is 0 Å². The predicted octanol–water partition coefficient (Wildman–Crippen LogP) is 10.1. The lowest BCUT2D eigenvalue weighted by Gasteiger charge is -2.19. The highest BCUT2D eigenvalue weighted by Crippen LogP contribution is 2.45. The van der Waals surface area contributed by atoms with Crippen LogP contribution < -0.4 is 5.32 Å². The van der Waals surface area contributed by atoms with Crippen LogP contribution in [0.4, 0.5) is 17.1 Å². The molecule has 0 fully saturated rings. The SMILES string of the molecule is O=[N+]([O-])c1ccccc1Nc1ccc(-c2c3ccccc3c(-c3cccc4ccccc34)c3ccccc23)cc1. The Bertz CT molecular complexity index is 2000. The molecule has 0 saturated carbocycles. The summed E-state index contributed by atoms with van der Waals surface area (Å²) in [6, 6.07) is 47.1. The molecule has 40 heavy (non-hydrogen) atoms. The monoisotopic (exact) mass is 516 g/mol. The first kappa shape index (κ1) is 23.6. The fourth-order valence-corrected chi connectivity index (χ4v) is 5.79. The van der Waals surface area contributed by atoms with E-state index in [4.69, 9.17) is 0 Å². The molecular formula is C36H24N2O2. The van der Waals surface area contributed by atoms with E-state index in [0.717, 1.165) is 11.3 Å². The van der Waals surface area contributed by atoms with Crippen molar-refractivity contribution in [2.24, 2.45) is 0 Å². The molecule has 0 heterocycles. The number of nitro groups is 1. The quantitative estimate of drug-likeness (QED) is 0.141. The van der Waals surface area contributed by atoms with Crippen molar-refractivity contribution in [3.8, 4) is 22.3 Å². The Hall–Kier alpha value is -5.48. The van der Waals surface area contributed by atoms with Crippen molar-refractivity contribution in [1.82, 2.24) is 0 Å². The van der Waals surface area contributed by atoms with Gasteiger partial charge in [-0.25, -0.2) is 0 Å². The van der Waals surface area contributed by atoms with E-state index >= 15 is 0 Å². The lowest BCUT2D eigenvalue weighted by molar-refractivity contribution is -0.383. The van der Waals surface area contributed by atoms with Gasteiger partial charge >= 0.3 is 0 Å². The standard InChI is InChI=1S/C36H24N2O2/c39-38(40)34-19-8-7-18-33(34)37-26-22-20-25(21-23-26)35-29-13-3-5-15-31(29)36(32-16-6-4-14-30(32)35)28-17-9-11-24-10-1-2-12-27(24)28/h1-23,37H. The summed E-state index contributed by atoms with van der Waals surface area (Å²) in [5.41, 5.74) is 6.03. The lowest BCUT2D eigenvalue weighted by Crippen LogP contribution is -1.96. The van der Waals surface area contributed by atoms with E-state index in [-0.39, 0.29) is 10.6 Å². The minimum absolute atomic E-state index is 0.0487. The van der Waals surface area contributed by atoms with Crippen molar-refractivity contribution in [3.63, 3.8) is 0 Å². The maximum Gasteiger partial charge on any atom is 0.292 e. The van der Waals surface area contributed by atoms with Gasteiger partial charge in [-0.3, -0.25) is 10.1 Å². The number of benzene rings is 7. The van der Waals surface area contributed by atoms with E-state index in [1.54, 1.807) is 18.2 Å². The van der Waals surface area contributed by atoms with Crippen LogP contribution in [-0.4, -0.2) is 4.92 Å². The fraction of sp³-hybridized carbons (Fsp3) is 0. The molecule has 4 heteroatoms. The number of anilines is 2. The molecule has 7 aromatic carbocycles. The van der Waals surface area contributed by atoms with Gasteiger partial charge in [-0.2, -0.15) is 0 Å². The average molecular weight is 517 g/mol. The maximum absolute atomic E-state index is 11.5. The highest BCUT2D eigenvalue weighted by atomic mass is 16.6. The van der Waals surface area contributed by atoms with Crippen LogP contribution >= 0.6 is 0 Å². The molecule has 0 bridgehead atoms. The predicted molar refractivity (Wildman–Crippen MR) is 166 cm³/mol. The molecule has 0 saturated heterocycles. The van der Waals surface area contributed by atoms with E-state index in [9.17, 15) is 10.1 Å². The molecule has 0 aromatic heterocycles. The molecule has 0 aliphatic carbocycles. The largest absolute Gasteiger partial charge is 0.350 e. The summed E-state index contributed by atoms with van der Waals surface area (Å²) < 4.78 is 0. The van der Waals surface area contributed by atoms with Crippen LogP contribution in [-0.2, 0) is 0 Å². The number of hydrogen-bond donors (Lipinski definition) is 1. The first-order chi connectivity index (χ1) is 19.7. The van der Waals surface area contributed by atoms with Crippen molar-refractivity contribution in [2.75, 3.05) is 5.32 Å². The summed E-state index contributed by atoms with van der Waals surface area (Å²) in [6.07, 6.45) is 0. The van der Waals surface area contributed by atoms with Crippen LogP contribution in [0.5, 0.6) is 0 Å². The van der Waals surface area contributed by atoms with Gasteiger partial charge in [0.2, 0.25) is 0 Å². The van der Waals surface area contributed by atoms with E-state index < -0.39 is 0 Å². The summed E-state index contributed by atoms with van der Waals surface area (Å²) in [4.78, 5) is 11.1. The zero-order valence-electron chi connectivity index (χ0n) is 21.5. The number of rotatable bonds is 5. The topological polar surface area (TPSA) is 55.2 Å². The number of nitrogens with zero attached hydrogens (tertiary/aromatic N) is 1. The Morgan fingerprint density at radius 1 is 0.500 bits per heavy atom. The first-order valence-corrected chi connectivity index (χ1v) is 13.2. The fourth-order valence-electron chi connectivity index (χ4n) is 5.79. The Morgan fingerprint density at radius 3 is 1.68 bits per heavy atom. The summed E-state index contributed by atoms with van der Waals surface area (Å²) in [6.45, 7) is 0. The maximum atomic E-state index is 11.5. The van der Waals surface area contributed by atoms with Gasteiger partial charge in [0.25, 0.3) is 5.69 Å². The molecule has 0 unspecified atom stereocenters. The normalized spacial score (nSPS) is 11.2. The lowest BCUT2D eigenvalue weighted by atomic mass is 9.85. The van der Waals surface area contributed by atoms with Crippen molar-refractivity contribution in [3.05, 3.63) is 150 Å². The van der Waals surface area contributed by atoms with Crippen LogP contribution in [0, 0.1) is 10.1 Å². The van der Waals surface area contributed by atoms with Gasteiger partial charge in [-0.1, -0.05) is 115 Å². The molecule has 0 spiro atoms. The zero-order valence-corrected chi connectivity index (χ0v) is 21.5. The van der Waals surface area contributed by atoms with Crippen LogP contribution in [0.1, 0.15) is 0 Å². The van der Waals surface area contributed by atoms with Crippen molar-refractivity contribution in [2.45, 2.75) is 0 Å².